The second-order valence-electron chi connectivity index (χ2n) is 7.82. The number of nitrogens with two attached hydrogens (primary N) is 1. The van der Waals surface area contributed by atoms with E-state index in [0.29, 0.717) is 0 Å². The van der Waals surface area contributed by atoms with Crippen LogP contribution in [0.15, 0.2) is 66.7 Å². The van der Waals surface area contributed by atoms with Crippen LogP contribution in [0.4, 0.5) is 5.69 Å². The molecule has 6 N–H and O–H groups in total. The first-order chi connectivity index (χ1) is 15.2. The lowest BCUT2D eigenvalue weighted by Crippen LogP contribution is -2.11. The molecule has 5 aromatic rings. The van der Waals surface area contributed by atoms with Crippen molar-refractivity contribution >= 4 is 30.0 Å². The van der Waals surface area contributed by atoms with Crippen molar-refractivity contribution in [3.63, 3.8) is 0 Å². The standard InChI is InChI=1S/C26H21N5/c27-25-4-2-1-3-23(25)24-14-22-13-20-8-7-18(29-20)11-16-5-6-17(28-16)12-19-9-10-21(30-19)15-26(24)31-22/h1-15,28-31H,27H2. The Bertz CT molecular complexity index is 1650. The summed E-state index contributed by atoms with van der Waals surface area (Å²) < 4.78 is 0. The van der Waals surface area contributed by atoms with E-state index in [9.17, 15) is 0 Å². The maximum Gasteiger partial charge on any atom is 0.0486 e. The summed E-state index contributed by atoms with van der Waals surface area (Å²) in [4.78, 5) is 13.9. The predicted octanol–water partition coefficient (Wildman–Crippen LogP) is 1.88. The molecule has 6 rings (SSSR count). The van der Waals surface area contributed by atoms with Crippen molar-refractivity contribution < 1.29 is 0 Å². The Labute approximate surface area is 178 Å². The molecule has 0 aliphatic carbocycles. The lowest BCUT2D eigenvalue weighted by atomic mass is 10.1. The molecular weight excluding hydrogens is 382 g/mol. The Hall–Kier alpha value is -4.38. The average Bonchev–Trinajstić information content (AvgIpc) is 3.53. The van der Waals surface area contributed by atoms with Crippen LogP contribution in [0.1, 0.15) is 22.8 Å². The number of hydrogen-bond acceptors (Lipinski definition) is 1. The van der Waals surface area contributed by atoms with Gasteiger partial charge in [0.1, 0.15) is 0 Å². The van der Waals surface area contributed by atoms with Gasteiger partial charge in [0.2, 0.25) is 0 Å². The monoisotopic (exact) mass is 403 g/mol. The number of aromatic nitrogens is 4. The van der Waals surface area contributed by atoms with Gasteiger partial charge in [-0.2, -0.15) is 0 Å². The summed E-state index contributed by atoms with van der Waals surface area (Å²) in [7, 11) is 0. The number of H-pyrrole nitrogens is 4. The highest BCUT2D eigenvalue weighted by Gasteiger charge is 2.07. The van der Waals surface area contributed by atoms with Crippen LogP contribution in [-0.4, -0.2) is 19.9 Å². The minimum Gasteiger partial charge on any atom is -0.398 e. The number of nitrogen functional groups attached to an aromatic ring is 1. The maximum absolute atomic E-state index is 6.30. The highest BCUT2D eigenvalue weighted by atomic mass is 14.8. The number of para-hydroxylation sites is 1. The zero-order valence-corrected chi connectivity index (χ0v) is 16.7. The van der Waals surface area contributed by atoms with Crippen LogP contribution in [0.5, 0.6) is 0 Å². The molecule has 1 aliphatic heterocycles. The van der Waals surface area contributed by atoms with Gasteiger partial charge in [-0.05, 0) is 72.8 Å². The fraction of sp³-hybridized carbons (Fsp3) is 0. The number of fused-ring (bicyclic) bond motifs is 8. The molecule has 0 unspecified atom stereocenters. The summed E-state index contributed by atoms with van der Waals surface area (Å²) in [6.07, 6.45) is 8.43. The Morgan fingerprint density at radius 1 is 0.484 bits per heavy atom. The van der Waals surface area contributed by atoms with E-state index in [1.54, 1.807) is 0 Å². The topological polar surface area (TPSA) is 89.2 Å². The molecule has 0 atom stereocenters. The van der Waals surface area contributed by atoms with Gasteiger partial charge in [0, 0.05) is 61.0 Å². The molecule has 5 heteroatoms. The summed E-state index contributed by atoms with van der Waals surface area (Å²) in [5.74, 6) is 0. The number of anilines is 1. The highest BCUT2D eigenvalue weighted by Crippen LogP contribution is 2.21. The van der Waals surface area contributed by atoms with Crippen LogP contribution >= 0.6 is 0 Å². The summed E-state index contributed by atoms with van der Waals surface area (Å²) >= 11 is 0. The average molecular weight is 403 g/mol. The first-order valence-electron chi connectivity index (χ1n) is 10.2. The molecule has 0 amide bonds. The van der Waals surface area contributed by atoms with Gasteiger partial charge < -0.3 is 25.7 Å². The van der Waals surface area contributed by atoms with E-state index in [-0.39, 0.29) is 0 Å². The zero-order valence-electron chi connectivity index (χ0n) is 16.7. The summed E-state index contributed by atoms with van der Waals surface area (Å²) in [5, 5.41) is 4.11. The van der Waals surface area contributed by atoms with Crippen molar-refractivity contribution in [2.45, 2.75) is 0 Å². The molecule has 1 aromatic carbocycles. The van der Waals surface area contributed by atoms with Gasteiger partial charge in [0.25, 0.3) is 0 Å². The van der Waals surface area contributed by atoms with Gasteiger partial charge in [-0.15, -0.1) is 0 Å². The van der Waals surface area contributed by atoms with Gasteiger partial charge in [0.05, 0.1) is 0 Å². The van der Waals surface area contributed by atoms with Crippen LogP contribution in [0, 0.1) is 0 Å². The largest absolute Gasteiger partial charge is 0.398 e. The molecule has 4 aromatic heterocycles. The number of benzene rings is 1. The van der Waals surface area contributed by atoms with E-state index in [1.807, 2.05) is 18.2 Å². The second kappa shape index (κ2) is 6.85. The number of nitrogens with one attached hydrogen (secondary N) is 4. The molecule has 0 fully saturated rings. The second-order valence-corrected chi connectivity index (χ2v) is 7.82. The molecule has 0 radical (unpaired) electrons. The molecule has 8 bridgehead atoms. The van der Waals surface area contributed by atoms with Gasteiger partial charge in [-0.1, -0.05) is 18.2 Å². The maximum atomic E-state index is 6.30. The lowest BCUT2D eigenvalue weighted by Gasteiger charge is -2.02. The van der Waals surface area contributed by atoms with Crippen LogP contribution < -0.4 is 27.1 Å². The third kappa shape index (κ3) is 3.32. The first kappa shape index (κ1) is 17.5. The van der Waals surface area contributed by atoms with Crippen molar-refractivity contribution in [3.05, 3.63) is 111 Å². The van der Waals surface area contributed by atoms with Crippen molar-refractivity contribution in [2.24, 2.45) is 0 Å². The minimum atomic E-state index is 0.758. The summed E-state index contributed by atoms with van der Waals surface area (Å²) in [6.45, 7) is 0. The van der Waals surface area contributed by atoms with E-state index in [2.05, 4.69) is 92.8 Å². The SMILES string of the molecule is Nc1ccccc1-c1cc2[nH]c1=Cc1ccc([nH]1)C=c1ccc([nH]1)=Cc1ccc([nH]1)C=2. The van der Waals surface area contributed by atoms with Gasteiger partial charge in [0.15, 0.2) is 0 Å². The van der Waals surface area contributed by atoms with E-state index in [0.717, 1.165) is 61.0 Å². The highest BCUT2D eigenvalue weighted by molar-refractivity contribution is 5.77. The molecular formula is C26H21N5. The van der Waals surface area contributed by atoms with Crippen LogP contribution in [-0.2, 0) is 0 Å². The molecule has 1 aliphatic rings. The van der Waals surface area contributed by atoms with Crippen LogP contribution in [0.3, 0.4) is 0 Å². The van der Waals surface area contributed by atoms with Crippen molar-refractivity contribution in [1.29, 1.82) is 0 Å². The van der Waals surface area contributed by atoms with Crippen LogP contribution in [0.25, 0.3) is 35.4 Å². The van der Waals surface area contributed by atoms with E-state index < -0.39 is 0 Å². The van der Waals surface area contributed by atoms with E-state index in [1.165, 1.54) is 0 Å². The molecule has 5 heterocycles. The van der Waals surface area contributed by atoms with Crippen LogP contribution in [0.2, 0.25) is 0 Å². The smallest absolute Gasteiger partial charge is 0.0486 e. The van der Waals surface area contributed by atoms with Crippen molar-refractivity contribution in [1.82, 2.24) is 19.9 Å². The summed E-state index contributed by atoms with van der Waals surface area (Å²) in [5.41, 5.74) is 13.3. The summed E-state index contributed by atoms with van der Waals surface area (Å²) in [6, 6.07) is 22.6. The fourth-order valence-corrected chi connectivity index (χ4v) is 4.10. The quantitative estimate of drug-likeness (QED) is 0.267. The Morgan fingerprint density at radius 3 is 1.71 bits per heavy atom. The number of aromatic amines is 4. The van der Waals surface area contributed by atoms with Gasteiger partial charge in [-0.3, -0.25) is 0 Å². The zero-order chi connectivity index (χ0) is 20.8. The Kier molecular flexibility index (Phi) is 3.86. The Balaban J connectivity index is 1.64. The molecule has 0 spiro atoms. The lowest BCUT2D eigenvalue weighted by molar-refractivity contribution is 1.23. The fourth-order valence-electron chi connectivity index (χ4n) is 4.10. The molecule has 31 heavy (non-hydrogen) atoms. The first-order valence-corrected chi connectivity index (χ1v) is 10.2. The van der Waals surface area contributed by atoms with Crippen molar-refractivity contribution in [2.75, 3.05) is 5.73 Å². The van der Waals surface area contributed by atoms with E-state index in [4.69, 9.17) is 5.73 Å². The number of rotatable bonds is 1. The van der Waals surface area contributed by atoms with Gasteiger partial charge in [-0.25, -0.2) is 0 Å². The molecule has 5 nitrogen and oxygen atoms in total. The Morgan fingerprint density at radius 2 is 1.06 bits per heavy atom. The van der Waals surface area contributed by atoms with E-state index >= 15 is 0 Å². The molecule has 0 saturated carbocycles. The van der Waals surface area contributed by atoms with Gasteiger partial charge >= 0.3 is 0 Å². The third-order valence-corrected chi connectivity index (χ3v) is 5.55. The molecule has 150 valence electrons. The molecule has 0 saturated heterocycles. The number of hydrogen-bond donors (Lipinski definition) is 5. The minimum absolute atomic E-state index is 0.758. The predicted molar refractivity (Wildman–Crippen MR) is 126 cm³/mol. The van der Waals surface area contributed by atoms with Crippen molar-refractivity contribution in [3.8, 4) is 11.1 Å². The third-order valence-electron chi connectivity index (χ3n) is 5.55. The normalized spacial score (nSPS) is 12.4.